The van der Waals surface area contributed by atoms with Crippen LogP contribution in [0.15, 0.2) is 16.9 Å². The minimum absolute atomic E-state index is 0.0353. The SMILES string of the molecule is CC(C)(CCCC1OC2(O)C(CO)C(O)C(O)C12)CC(C)(C)OCC1=CN(CC2CCCN2)N=CC1. The third kappa shape index (κ3) is 6.14. The van der Waals surface area contributed by atoms with Crippen LogP contribution in [0.25, 0.3) is 0 Å². The summed E-state index contributed by atoms with van der Waals surface area (Å²) in [4.78, 5) is 0. The van der Waals surface area contributed by atoms with Crippen molar-refractivity contribution in [2.45, 2.75) is 108 Å². The van der Waals surface area contributed by atoms with Gasteiger partial charge in [-0.05, 0) is 63.5 Å². The molecule has 9 nitrogen and oxygen atoms in total. The lowest BCUT2D eigenvalue weighted by atomic mass is 9.76. The zero-order valence-corrected chi connectivity index (χ0v) is 22.4. The van der Waals surface area contributed by atoms with Crippen LogP contribution < -0.4 is 5.32 Å². The molecular formula is C27H47N3O6. The number of hydrazone groups is 1. The molecule has 0 amide bonds. The van der Waals surface area contributed by atoms with Gasteiger partial charge in [-0.25, -0.2) is 0 Å². The highest BCUT2D eigenvalue weighted by molar-refractivity contribution is 5.62. The minimum atomic E-state index is -1.62. The molecule has 36 heavy (non-hydrogen) atoms. The summed E-state index contributed by atoms with van der Waals surface area (Å²) >= 11 is 0. The lowest BCUT2D eigenvalue weighted by Gasteiger charge is -2.50. The van der Waals surface area contributed by atoms with E-state index < -0.39 is 36.4 Å². The predicted molar refractivity (Wildman–Crippen MR) is 137 cm³/mol. The van der Waals surface area contributed by atoms with Crippen LogP contribution in [0, 0.1) is 17.3 Å². The molecule has 0 aromatic rings. The molecule has 1 saturated carbocycles. The van der Waals surface area contributed by atoms with Crippen LogP contribution in [-0.2, 0) is 9.47 Å². The zero-order chi connectivity index (χ0) is 26.1. The van der Waals surface area contributed by atoms with Crippen LogP contribution in [0.1, 0.15) is 72.6 Å². The van der Waals surface area contributed by atoms with E-state index in [1.807, 2.05) is 11.2 Å². The van der Waals surface area contributed by atoms with Crippen molar-refractivity contribution in [2.75, 3.05) is 26.3 Å². The van der Waals surface area contributed by atoms with Gasteiger partial charge in [-0.15, -0.1) is 0 Å². The summed E-state index contributed by atoms with van der Waals surface area (Å²) in [7, 11) is 0. The van der Waals surface area contributed by atoms with Crippen LogP contribution >= 0.6 is 0 Å². The second-order valence-electron chi connectivity index (χ2n) is 12.7. The fraction of sp³-hybridized carbons (Fsp3) is 0.889. The molecule has 7 unspecified atom stereocenters. The summed E-state index contributed by atoms with van der Waals surface area (Å²) in [6, 6.07) is 0.508. The first-order valence-corrected chi connectivity index (χ1v) is 13.7. The Morgan fingerprint density at radius 3 is 2.72 bits per heavy atom. The number of hydrogen-bond acceptors (Lipinski definition) is 9. The van der Waals surface area contributed by atoms with Gasteiger partial charge in [0, 0.05) is 24.9 Å². The highest BCUT2D eigenvalue weighted by Crippen LogP contribution is 2.54. The Kier molecular flexibility index (Phi) is 8.51. The van der Waals surface area contributed by atoms with Crippen LogP contribution in [0.3, 0.4) is 0 Å². The third-order valence-electron chi connectivity index (χ3n) is 8.46. The molecule has 0 spiro atoms. The third-order valence-corrected chi connectivity index (χ3v) is 8.46. The summed E-state index contributed by atoms with van der Waals surface area (Å²) in [6.07, 6.45) is 8.22. The molecule has 3 heterocycles. The Morgan fingerprint density at radius 1 is 1.25 bits per heavy atom. The molecular weight excluding hydrogens is 462 g/mol. The molecule has 0 aromatic heterocycles. The van der Waals surface area contributed by atoms with Crippen LogP contribution in [0.4, 0.5) is 0 Å². The molecule has 3 fully saturated rings. The Hall–Kier alpha value is -1.07. The van der Waals surface area contributed by atoms with Crippen molar-refractivity contribution in [3.05, 3.63) is 11.8 Å². The van der Waals surface area contributed by atoms with Crippen molar-refractivity contribution in [3.63, 3.8) is 0 Å². The largest absolute Gasteiger partial charge is 0.396 e. The van der Waals surface area contributed by atoms with E-state index in [1.54, 1.807) is 0 Å². The summed E-state index contributed by atoms with van der Waals surface area (Å²) in [5.74, 6) is -3.03. The van der Waals surface area contributed by atoms with Crippen molar-refractivity contribution in [3.8, 4) is 0 Å². The topological polar surface area (TPSA) is 127 Å². The highest BCUT2D eigenvalue weighted by Gasteiger charge is 2.69. The van der Waals surface area contributed by atoms with Gasteiger partial charge >= 0.3 is 0 Å². The molecule has 206 valence electrons. The van der Waals surface area contributed by atoms with Crippen LogP contribution in [0.2, 0.25) is 0 Å². The Morgan fingerprint density at radius 2 is 2.03 bits per heavy atom. The summed E-state index contributed by atoms with van der Waals surface area (Å²) < 4.78 is 12.1. The number of ether oxygens (including phenoxy) is 2. The van der Waals surface area contributed by atoms with Gasteiger partial charge in [0.1, 0.15) is 0 Å². The van der Waals surface area contributed by atoms with Gasteiger partial charge in [-0.2, -0.15) is 5.10 Å². The van der Waals surface area contributed by atoms with Crippen molar-refractivity contribution >= 4 is 6.21 Å². The van der Waals surface area contributed by atoms with E-state index in [4.69, 9.17) is 9.47 Å². The van der Waals surface area contributed by atoms with Crippen LogP contribution in [-0.4, -0.2) is 93.7 Å². The Bertz CT molecular complexity index is 811. The molecule has 5 N–H and O–H groups in total. The van der Waals surface area contributed by atoms with Crippen molar-refractivity contribution < 1.29 is 29.9 Å². The fourth-order valence-electron chi connectivity index (χ4n) is 6.82. The predicted octanol–water partition coefficient (Wildman–Crippen LogP) is 1.74. The fourth-order valence-corrected chi connectivity index (χ4v) is 6.82. The average molecular weight is 510 g/mol. The summed E-state index contributed by atoms with van der Waals surface area (Å²) in [6.45, 7) is 10.9. The van der Waals surface area contributed by atoms with Gasteiger partial charge in [-0.1, -0.05) is 20.3 Å². The van der Waals surface area contributed by atoms with E-state index in [9.17, 15) is 20.4 Å². The highest BCUT2D eigenvalue weighted by atomic mass is 16.7. The van der Waals surface area contributed by atoms with Gasteiger partial charge in [0.2, 0.25) is 0 Å². The van der Waals surface area contributed by atoms with Crippen molar-refractivity contribution in [1.29, 1.82) is 0 Å². The zero-order valence-electron chi connectivity index (χ0n) is 22.4. The second-order valence-corrected chi connectivity index (χ2v) is 12.7. The van der Waals surface area contributed by atoms with Gasteiger partial charge in [0.15, 0.2) is 5.79 Å². The van der Waals surface area contributed by atoms with E-state index in [0.29, 0.717) is 19.1 Å². The number of hydrogen-bond donors (Lipinski definition) is 5. The Balaban J connectivity index is 1.20. The lowest BCUT2D eigenvalue weighted by molar-refractivity contribution is -0.381. The maximum absolute atomic E-state index is 10.6. The van der Waals surface area contributed by atoms with E-state index in [0.717, 1.165) is 38.8 Å². The second kappa shape index (κ2) is 11.0. The molecule has 4 rings (SSSR count). The first kappa shape index (κ1) is 28.0. The van der Waals surface area contributed by atoms with Crippen LogP contribution in [0.5, 0.6) is 0 Å². The number of aliphatic hydroxyl groups excluding tert-OH is 3. The number of rotatable bonds is 12. The molecule has 2 saturated heterocycles. The van der Waals surface area contributed by atoms with Crippen molar-refractivity contribution in [2.24, 2.45) is 22.4 Å². The summed E-state index contributed by atoms with van der Waals surface area (Å²) in [5, 5.41) is 50.7. The maximum Gasteiger partial charge on any atom is 0.181 e. The molecule has 3 aliphatic heterocycles. The molecule has 0 bridgehead atoms. The smallest absolute Gasteiger partial charge is 0.181 e. The summed E-state index contributed by atoms with van der Waals surface area (Å²) in [5.41, 5.74) is 0.986. The van der Waals surface area contributed by atoms with Gasteiger partial charge < -0.3 is 35.2 Å². The number of nitrogens with zero attached hydrogens (tertiary/aromatic N) is 2. The molecule has 0 radical (unpaired) electrons. The van der Waals surface area contributed by atoms with E-state index >= 15 is 0 Å². The average Bonchev–Trinajstić information content (AvgIpc) is 3.34. The number of nitrogens with one attached hydrogen (secondary N) is 1. The van der Waals surface area contributed by atoms with Gasteiger partial charge in [0.25, 0.3) is 0 Å². The van der Waals surface area contributed by atoms with E-state index in [1.165, 1.54) is 18.4 Å². The maximum atomic E-state index is 10.6. The molecule has 4 aliphatic rings. The van der Waals surface area contributed by atoms with E-state index in [2.05, 4.69) is 44.3 Å². The standard InChI is InChI=1S/C27H47N3O6/c1-25(2,10-5-8-21-22-24(33)23(32)20(15-31)27(22,34)36-21)17-26(3,4)35-16-18-9-12-29-30(13-18)14-19-7-6-11-28-19/h12-13,19-24,28,31-34H,5-11,14-17H2,1-4H3. The van der Waals surface area contributed by atoms with Gasteiger partial charge in [-0.3, -0.25) is 5.01 Å². The number of fused-ring (bicyclic) bond motifs is 1. The Labute approximate surface area is 215 Å². The van der Waals surface area contributed by atoms with Crippen molar-refractivity contribution in [1.82, 2.24) is 10.3 Å². The lowest BCUT2D eigenvalue weighted by Crippen LogP contribution is -2.62. The minimum Gasteiger partial charge on any atom is -0.396 e. The molecule has 1 aliphatic carbocycles. The molecule has 9 heteroatoms. The quantitative estimate of drug-likeness (QED) is 0.269. The monoisotopic (exact) mass is 509 g/mol. The van der Waals surface area contributed by atoms with Gasteiger partial charge in [0.05, 0.1) is 55.5 Å². The first-order valence-electron chi connectivity index (χ1n) is 13.7. The molecule has 7 atom stereocenters. The first-order chi connectivity index (χ1) is 16.9. The van der Waals surface area contributed by atoms with E-state index in [-0.39, 0.29) is 17.1 Å². The number of aliphatic hydroxyl groups is 4. The molecule has 0 aromatic carbocycles. The normalized spacial score (nSPS) is 36.7.